The molecule has 0 aromatic rings. The topological polar surface area (TPSA) is 110 Å². The molecule has 6 heteroatoms. The van der Waals surface area contributed by atoms with Crippen molar-refractivity contribution in [2.75, 3.05) is 6.61 Å². The molecule has 6 nitrogen and oxygen atoms in total. The van der Waals surface area contributed by atoms with Gasteiger partial charge in [0, 0.05) is 0 Å². The minimum Gasteiger partial charge on any atom is -0.394 e. The molecule has 0 heterocycles. The van der Waals surface area contributed by atoms with Crippen molar-refractivity contribution in [1.82, 2.24) is 5.32 Å². The monoisotopic (exact) mass is 684 g/mol. The quantitative estimate of drug-likeness (QED) is 0.0414. The van der Waals surface area contributed by atoms with Gasteiger partial charge in [-0.3, -0.25) is 4.79 Å². The number of aliphatic hydroxyl groups is 4. The molecule has 2 unspecified atom stereocenters. The molecular formula is C42H85NO5. The van der Waals surface area contributed by atoms with E-state index in [1.807, 2.05) is 0 Å². The van der Waals surface area contributed by atoms with Crippen molar-refractivity contribution in [3.8, 4) is 0 Å². The maximum absolute atomic E-state index is 12.5. The molecule has 48 heavy (non-hydrogen) atoms. The average Bonchev–Trinajstić information content (AvgIpc) is 3.09. The van der Waals surface area contributed by atoms with Crippen LogP contribution in [0, 0.1) is 0 Å². The lowest BCUT2D eigenvalue weighted by molar-refractivity contribution is -0.132. The zero-order valence-corrected chi connectivity index (χ0v) is 32.3. The van der Waals surface area contributed by atoms with Crippen LogP contribution in [0.2, 0.25) is 0 Å². The Balaban J connectivity index is 3.71. The first-order chi connectivity index (χ1) is 23.5. The Morgan fingerprint density at radius 3 is 1.00 bits per heavy atom. The van der Waals surface area contributed by atoms with Crippen LogP contribution in [0.5, 0.6) is 0 Å². The lowest BCUT2D eigenvalue weighted by Gasteiger charge is -2.27. The molecule has 0 saturated heterocycles. The molecule has 0 rings (SSSR count). The second-order valence-corrected chi connectivity index (χ2v) is 15.1. The van der Waals surface area contributed by atoms with E-state index in [4.69, 9.17) is 0 Å². The average molecular weight is 684 g/mol. The predicted octanol–water partition coefficient (Wildman–Crippen LogP) is 10.8. The van der Waals surface area contributed by atoms with E-state index in [1.54, 1.807) is 0 Å². The lowest BCUT2D eigenvalue weighted by Crippen LogP contribution is -2.53. The Bertz CT molecular complexity index is 648. The zero-order chi connectivity index (χ0) is 35.3. The van der Waals surface area contributed by atoms with Crippen LogP contribution >= 0.6 is 0 Å². The highest BCUT2D eigenvalue weighted by molar-refractivity contribution is 5.80. The van der Waals surface area contributed by atoms with Crippen LogP contribution in [0.15, 0.2) is 0 Å². The standard InChI is InChI=1S/C42H85NO5/c1-3-5-7-9-11-13-15-17-19-20-21-22-24-26-28-30-32-34-36-40(46)42(48)43-38(37-44)41(47)39(45)35-33-31-29-27-25-23-18-16-14-12-10-8-6-4-2/h38-41,44-47H,3-37H2,1-2H3,(H,43,48)/t38-,39?,40?,41+/m1/s1. The van der Waals surface area contributed by atoms with Crippen molar-refractivity contribution in [3.63, 3.8) is 0 Å². The van der Waals surface area contributed by atoms with Gasteiger partial charge < -0.3 is 25.7 Å². The molecule has 0 spiro atoms. The van der Waals surface area contributed by atoms with Crippen LogP contribution in [0.25, 0.3) is 0 Å². The Kier molecular flexibility index (Phi) is 37.0. The van der Waals surface area contributed by atoms with E-state index in [0.717, 1.165) is 38.5 Å². The molecule has 0 saturated carbocycles. The van der Waals surface area contributed by atoms with E-state index >= 15 is 0 Å². The predicted molar refractivity (Wildman–Crippen MR) is 205 cm³/mol. The lowest BCUT2D eigenvalue weighted by atomic mass is 9.99. The van der Waals surface area contributed by atoms with Gasteiger partial charge in [0.05, 0.1) is 18.8 Å². The molecule has 5 N–H and O–H groups in total. The molecule has 0 fully saturated rings. The Morgan fingerprint density at radius 1 is 0.438 bits per heavy atom. The van der Waals surface area contributed by atoms with Gasteiger partial charge in [-0.1, -0.05) is 219 Å². The number of hydrogen-bond acceptors (Lipinski definition) is 5. The normalized spacial score (nSPS) is 14.2. The van der Waals surface area contributed by atoms with Gasteiger partial charge >= 0.3 is 0 Å². The molecule has 4 atom stereocenters. The van der Waals surface area contributed by atoms with Gasteiger partial charge in [0.1, 0.15) is 12.2 Å². The van der Waals surface area contributed by atoms with E-state index in [0.29, 0.717) is 12.8 Å². The summed E-state index contributed by atoms with van der Waals surface area (Å²) in [6.07, 6.45) is 38.4. The summed E-state index contributed by atoms with van der Waals surface area (Å²) in [5.41, 5.74) is 0. The molecular weight excluding hydrogens is 598 g/mol. The fraction of sp³-hybridized carbons (Fsp3) is 0.976. The van der Waals surface area contributed by atoms with Crippen LogP contribution in [-0.4, -0.2) is 57.3 Å². The molecule has 0 bridgehead atoms. The third-order valence-electron chi connectivity index (χ3n) is 10.3. The summed E-state index contributed by atoms with van der Waals surface area (Å²) < 4.78 is 0. The smallest absolute Gasteiger partial charge is 0.249 e. The number of amides is 1. The molecule has 0 aliphatic heterocycles. The van der Waals surface area contributed by atoms with Crippen molar-refractivity contribution >= 4 is 5.91 Å². The first-order valence-corrected chi connectivity index (χ1v) is 21.4. The number of carbonyl (C=O) groups excluding carboxylic acids is 1. The highest BCUT2D eigenvalue weighted by atomic mass is 16.3. The number of aliphatic hydroxyl groups excluding tert-OH is 4. The highest BCUT2D eigenvalue weighted by Crippen LogP contribution is 2.17. The number of hydrogen-bond donors (Lipinski definition) is 5. The number of unbranched alkanes of at least 4 members (excludes halogenated alkanes) is 30. The number of carbonyl (C=O) groups is 1. The minimum atomic E-state index is -1.25. The summed E-state index contributed by atoms with van der Waals surface area (Å²) in [4.78, 5) is 12.5. The first-order valence-electron chi connectivity index (χ1n) is 21.4. The molecule has 0 radical (unpaired) electrons. The van der Waals surface area contributed by atoms with E-state index in [-0.39, 0.29) is 0 Å². The first kappa shape index (κ1) is 47.3. The van der Waals surface area contributed by atoms with Crippen molar-refractivity contribution < 1.29 is 25.2 Å². The second-order valence-electron chi connectivity index (χ2n) is 15.1. The van der Waals surface area contributed by atoms with Gasteiger partial charge in [0.25, 0.3) is 0 Å². The summed E-state index contributed by atoms with van der Waals surface area (Å²) in [5, 5.41) is 43.6. The van der Waals surface area contributed by atoms with Crippen LogP contribution < -0.4 is 5.32 Å². The third kappa shape index (κ3) is 31.3. The van der Waals surface area contributed by atoms with Crippen LogP contribution in [-0.2, 0) is 4.79 Å². The molecule has 1 amide bonds. The van der Waals surface area contributed by atoms with Crippen molar-refractivity contribution in [2.45, 2.75) is 257 Å². The van der Waals surface area contributed by atoms with Crippen molar-refractivity contribution in [1.29, 1.82) is 0 Å². The summed E-state index contributed by atoms with van der Waals surface area (Å²) in [6.45, 7) is 4.06. The zero-order valence-electron chi connectivity index (χ0n) is 32.3. The van der Waals surface area contributed by atoms with Gasteiger partial charge in [0.15, 0.2) is 0 Å². The Morgan fingerprint density at radius 2 is 0.708 bits per heavy atom. The molecule has 0 aromatic heterocycles. The van der Waals surface area contributed by atoms with Gasteiger partial charge in [-0.25, -0.2) is 0 Å². The van der Waals surface area contributed by atoms with Crippen LogP contribution in [0.1, 0.15) is 232 Å². The largest absolute Gasteiger partial charge is 0.394 e. The van der Waals surface area contributed by atoms with E-state index < -0.39 is 36.9 Å². The van der Waals surface area contributed by atoms with Crippen molar-refractivity contribution in [3.05, 3.63) is 0 Å². The summed E-state index contributed by atoms with van der Waals surface area (Å²) in [7, 11) is 0. The highest BCUT2D eigenvalue weighted by Gasteiger charge is 2.28. The van der Waals surface area contributed by atoms with Gasteiger partial charge in [0.2, 0.25) is 5.91 Å². The second kappa shape index (κ2) is 37.6. The van der Waals surface area contributed by atoms with Crippen LogP contribution in [0.3, 0.4) is 0 Å². The number of rotatable bonds is 39. The van der Waals surface area contributed by atoms with Gasteiger partial charge in [-0.15, -0.1) is 0 Å². The Hall–Kier alpha value is -0.690. The maximum Gasteiger partial charge on any atom is 0.249 e. The van der Waals surface area contributed by atoms with Crippen LogP contribution in [0.4, 0.5) is 0 Å². The molecule has 288 valence electrons. The summed E-state index contributed by atoms with van der Waals surface area (Å²) in [5.74, 6) is -0.580. The molecule has 0 aromatic carbocycles. The van der Waals surface area contributed by atoms with Crippen molar-refractivity contribution in [2.24, 2.45) is 0 Å². The maximum atomic E-state index is 12.5. The minimum absolute atomic E-state index is 0.375. The summed E-state index contributed by atoms with van der Waals surface area (Å²) in [6, 6.07) is -0.978. The molecule has 0 aliphatic rings. The summed E-state index contributed by atoms with van der Waals surface area (Å²) >= 11 is 0. The van der Waals surface area contributed by atoms with Gasteiger partial charge in [-0.2, -0.15) is 0 Å². The van der Waals surface area contributed by atoms with E-state index in [1.165, 1.54) is 167 Å². The SMILES string of the molecule is CCCCCCCCCCCCCCCCCCCCC(O)C(=O)N[C@H](CO)[C@H](O)C(O)CCCCCCCCCCCCCCCC. The fourth-order valence-electron chi connectivity index (χ4n) is 6.88. The third-order valence-corrected chi connectivity index (χ3v) is 10.3. The Labute approximate surface area is 299 Å². The van der Waals surface area contributed by atoms with E-state index in [2.05, 4.69) is 19.2 Å². The fourth-order valence-corrected chi connectivity index (χ4v) is 6.88. The van der Waals surface area contributed by atoms with Gasteiger partial charge in [-0.05, 0) is 12.8 Å². The number of nitrogens with one attached hydrogen (secondary N) is 1. The molecule has 0 aliphatic carbocycles. The van der Waals surface area contributed by atoms with E-state index in [9.17, 15) is 25.2 Å².